The van der Waals surface area contributed by atoms with Crippen LogP contribution in [0.25, 0.3) is 0 Å². The van der Waals surface area contributed by atoms with Crippen LogP contribution in [0.5, 0.6) is 11.5 Å². The normalized spacial score (nSPS) is 12.8. The molecule has 1 N–H and O–H groups in total. The van der Waals surface area contributed by atoms with Crippen LogP contribution in [0, 0.1) is 0 Å². The van der Waals surface area contributed by atoms with E-state index < -0.39 is 34.1 Å². The fourth-order valence-electron chi connectivity index (χ4n) is 2.52. The van der Waals surface area contributed by atoms with Crippen molar-refractivity contribution in [1.82, 2.24) is 0 Å². The maximum Gasteiger partial charge on any atom is 0.573 e. The second kappa shape index (κ2) is 8.60. The summed E-state index contributed by atoms with van der Waals surface area (Å²) in [7, 11) is -2.35. The molecule has 0 radical (unpaired) electrons. The molecule has 0 aliphatic heterocycles. The SMILES string of the molecule is COc1ccc(N([C@H](C)C(=O)Nc2ccc(OC(F)(F)F)cc2)S(C)(=O)=O)cc1. The number of anilines is 2. The molecule has 1 amide bonds. The molecule has 0 spiro atoms. The Morgan fingerprint density at radius 3 is 2.00 bits per heavy atom. The Labute approximate surface area is 166 Å². The zero-order valence-electron chi connectivity index (χ0n) is 15.7. The Morgan fingerprint density at radius 2 is 1.55 bits per heavy atom. The summed E-state index contributed by atoms with van der Waals surface area (Å²) in [6.07, 6.45) is -3.86. The Bertz CT molecular complexity index is 945. The third-order valence-electron chi connectivity index (χ3n) is 3.77. The zero-order valence-corrected chi connectivity index (χ0v) is 16.5. The Morgan fingerprint density at radius 1 is 1.03 bits per heavy atom. The fourth-order valence-corrected chi connectivity index (χ4v) is 3.70. The van der Waals surface area contributed by atoms with Gasteiger partial charge in [-0.2, -0.15) is 0 Å². The van der Waals surface area contributed by atoms with Gasteiger partial charge in [0, 0.05) is 5.69 Å². The van der Waals surface area contributed by atoms with E-state index in [9.17, 15) is 26.4 Å². The van der Waals surface area contributed by atoms with Crippen molar-refractivity contribution in [1.29, 1.82) is 0 Å². The summed E-state index contributed by atoms with van der Waals surface area (Å²) in [5, 5.41) is 2.47. The number of sulfonamides is 1. The van der Waals surface area contributed by atoms with E-state index >= 15 is 0 Å². The molecule has 0 heterocycles. The first kappa shape index (κ1) is 22.3. The number of ether oxygens (including phenoxy) is 2. The highest BCUT2D eigenvalue weighted by Crippen LogP contribution is 2.26. The maximum atomic E-state index is 12.6. The minimum atomic E-state index is -4.83. The molecule has 0 bridgehead atoms. The van der Waals surface area contributed by atoms with Crippen LogP contribution in [0.4, 0.5) is 24.5 Å². The van der Waals surface area contributed by atoms with Gasteiger partial charge in [-0.25, -0.2) is 8.42 Å². The lowest BCUT2D eigenvalue weighted by Gasteiger charge is -2.28. The molecule has 0 aliphatic rings. The van der Waals surface area contributed by atoms with E-state index in [1.165, 1.54) is 38.3 Å². The molecule has 7 nitrogen and oxygen atoms in total. The third kappa shape index (κ3) is 6.28. The van der Waals surface area contributed by atoms with E-state index in [0.717, 1.165) is 22.7 Å². The number of carbonyl (C=O) groups excluding carboxylic acids is 1. The molecule has 2 aromatic carbocycles. The second-order valence-electron chi connectivity index (χ2n) is 5.99. The lowest BCUT2D eigenvalue weighted by molar-refractivity contribution is -0.274. The van der Waals surface area contributed by atoms with Gasteiger partial charge in [0.15, 0.2) is 0 Å². The lowest BCUT2D eigenvalue weighted by Crippen LogP contribution is -2.45. The van der Waals surface area contributed by atoms with Gasteiger partial charge in [-0.15, -0.1) is 13.2 Å². The summed E-state index contributed by atoms with van der Waals surface area (Å²) in [6.45, 7) is 1.39. The van der Waals surface area contributed by atoms with E-state index in [0.29, 0.717) is 5.75 Å². The number of hydrogen-bond acceptors (Lipinski definition) is 5. The number of carbonyl (C=O) groups is 1. The summed E-state index contributed by atoms with van der Waals surface area (Å²) in [5.74, 6) is -0.601. The molecule has 0 aromatic heterocycles. The van der Waals surface area contributed by atoms with Crippen LogP contribution in [-0.2, 0) is 14.8 Å². The van der Waals surface area contributed by atoms with E-state index in [1.54, 1.807) is 12.1 Å². The molecule has 0 saturated carbocycles. The molecular weight excluding hydrogens is 413 g/mol. The third-order valence-corrected chi connectivity index (χ3v) is 5.01. The van der Waals surface area contributed by atoms with Gasteiger partial charge in [-0.05, 0) is 55.5 Å². The van der Waals surface area contributed by atoms with Gasteiger partial charge in [0.05, 0.1) is 19.1 Å². The van der Waals surface area contributed by atoms with Crippen LogP contribution in [-0.4, -0.2) is 40.1 Å². The van der Waals surface area contributed by atoms with E-state index in [-0.39, 0.29) is 11.4 Å². The molecular formula is C18H19F3N2O5S. The van der Waals surface area contributed by atoms with Gasteiger partial charge in [0.2, 0.25) is 15.9 Å². The maximum absolute atomic E-state index is 12.6. The van der Waals surface area contributed by atoms with Crippen LogP contribution in [0.3, 0.4) is 0 Å². The molecule has 0 unspecified atom stereocenters. The van der Waals surface area contributed by atoms with Gasteiger partial charge in [0.1, 0.15) is 17.5 Å². The van der Waals surface area contributed by atoms with Crippen LogP contribution in [0.15, 0.2) is 48.5 Å². The summed E-state index contributed by atoms with van der Waals surface area (Å²) >= 11 is 0. The lowest BCUT2D eigenvalue weighted by atomic mass is 10.2. The first-order valence-corrected chi connectivity index (χ1v) is 10.1. The Hall–Kier alpha value is -2.95. The number of halogens is 3. The highest BCUT2D eigenvalue weighted by molar-refractivity contribution is 7.92. The number of nitrogens with one attached hydrogen (secondary N) is 1. The first-order chi connectivity index (χ1) is 13.4. The predicted octanol–water partition coefficient (Wildman–Crippen LogP) is 3.39. The molecule has 29 heavy (non-hydrogen) atoms. The summed E-state index contributed by atoms with van der Waals surface area (Å²) in [4.78, 5) is 12.6. The van der Waals surface area contributed by atoms with Crippen LogP contribution >= 0.6 is 0 Å². The van der Waals surface area contributed by atoms with Crippen molar-refractivity contribution in [2.45, 2.75) is 19.3 Å². The largest absolute Gasteiger partial charge is 0.573 e. The van der Waals surface area contributed by atoms with Gasteiger partial charge < -0.3 is 14.8 Å². The van der Waals surface area contributed by atoms with E-state index in [1.807, 2.05) is 0 Å². The van der Waals surface area contributed by atoms with Crippen LogP contribution in [0.2, 0.25) is 0 Å². The highest BCUT2D eigenvalue weighted by atomic mass is 32.2. The Kier molecular flexibility index (Phi) is 6.62. The van der Waals surface area contributed by atoms with Crippen molar-refractivity contribution >= 4 is 27.3 Å². The van der Waals surface area contributed by atoms with Crippen LogP contribution in [0.1, 0.15) is 6.92 Å². The zero-order chi connectivity index (χ0) is 21.8. The van der Waals surface area contributed by atoms with Crippen molar-refractivity contribution in [3.8, 4) is 11.5 Å². The number of alkyl halides is 3. The number of hydrogen-bond donors (Lipinski definition) is 1. The van der Waals surface area contributed by atoms with Crippen LogP contribution < -0.4 is 19.1 Å². The number of rotatable bonds is 7. The Balaban J connectivity index is 2.18. The molecule has 2 rings (SSSR count). The molecule has 0 fully saturated rings. The summed E-state index contributed by atoms with van der Waals surface area (Å²) in [6, 6.07) is 9.45. The minimum absolute atomic E-state index is 0.180. The van der Waals surface area contributed by atoms with Crippen molar-refractivity contribution < 1.29 is 35.9 Å². The monoisotopic (exact) mass is 432 g/mol. The smallest absolute Gasteiger partial charge is 0.497 e. The van der Waals surface area contributed by atoms with Gasteiger partial charge in [-0.3, -0.25) is 9.10 Å². The summed E-state index contributed by atoms with van der Waals surface area (Å²) in [5.41, 5.74) is 0.435. The fraction of sp³-hybridized carbons (Fsp3) is 0.278. The summed E-state index contributed by atoms with van der Waals surface area (Å²) < 4.78 is 70.8. The first-order valence-electron chi connectivity index (χ1n) is 8.21. The number of amides is 1. The van der Waals surface area contributed by atoms with Gasteiger partial charge in [0.25, 0.3) is 0 Å². The minimum Gasteiger partial charge on any atom is -0.497 e. The molecule has 158 valence electrons. The number of nitrogens with zero attached hydrogens (tertiary/aromatic N) is 1. The van der Waals surface area contributed by atoms with Crippen molar-refractivity contribution in [2.24, 2.45) is 0 Å². The highest BCUT2D eigenvalue weighted by Gasteiger charge is 2.31. The molecule has 11 heteroatoms. The quantitative estimate of drug-likeness (QED) is 0.725. The molecule has 2 aromatic rings. The average Bonchev–Trinajstić information content (AvgIpc) is 2.61. The topological polar surface area (TPSA) is 84.9 Å². The number of benzene rings is 2. The molecule has 0 aliphatic carbocycles. The van der Waals surface area contributed by atoms with Crippen molar-refractivity contribution in [2.75, 3.05) is 23.0 Å². The van der Waals surface area contributed by atoms with E-state index in [4.69, 9.17) is 4.74 Å². The van der Waals surface area contributed by atoms with Crippen molar-refractivity contribution in [3.63, 3.8) is 0 Å². The second-order valence-corrected chi connectivity index (χ2v) is 7.85. The predicted molar refractivity (Wildman–Crippen MR) is 102 cm³/mol. The molecule has 0 saturated heterocycles. The van der Waals surface area contributed by atoms with Gasteiger partial charge in [-0.1, -0.05) is 0 Å². The van der Waals surface area contributed by atoms with Crippen molar-refractivity contribution in [3.05, 3.63) is 48.5 Å². The average molecular weight is 432 g/mol. The number of methoxy groups -OCH3 is 1. The standard InChI is InChI=1S/C18H19F3N2O5S/c1-12(23(29(3,25)26)14-6-10-15(27-2)11-7-14)17(24)22-13-4-8-16(9-5-13)28-18(19,20)21/h4-12H,1-3H3,(H,22,24)/t12-/m1/s1. The molecule has 1 atom stereocenters. The van der Waals surface area contributed by atoms with E-state index in [2.05, 4.69) is 10.1 Å². The van der Waals surface area contributed by atoms with Gasteiger partial charge >= 0.3 is 6.36 Å².